The van der Waals surface area contributed by atoms with Crippen molar-refractivity contribution in [1.29, 1.82) is 0 Å². The number of hydrogen-bond acceptors (Lipinski definition) is 3. The Morgan fingerprint density at radius 1 is 1.48 bits per heavy atom. The minimum atomic E-state index is -0.638. The average molecular weight is 294 g/mol. The standard InChI is InChI=1S/C15H19FN2O3/c1-3-10(2)14(19)18-8-13(9-18)21-15(20)17-12-6-4-5-11(16)7-12/h4-7,10,13H,3,8-9H2,1-2H3,(H,17,20)/t10-/m1/s1. The highest BCUT2D eigenvalue weighted by Gasteiger charge is 2.34. The topological polar surface area (TPSA) is 58.6 Å². The number of benzene rings is 1. The van der Waals surface area contributed by atoms with Crippen LogP contribution in [0.1, 0.15) is 20.3 Å². The third kappa shape index (κ3) is 3.93. The Bertz CT molecular complexity index is 529. The van der Waals surface area contributed by atoms with Gasteiger partial charge in [-0.2, -0.15) is 0 Å². The molecule has 1 aliphatic heterocycles. The van der Waals surface area contributed by atoms with Gasteiger partial charge in [0.25, 0.3) is 0 Å². The molecule has 114 valence electrons. The molecule has 1 N–H and O–H groups in total. The largest absolute Gasteiger partial charge is 0.442 e. The molecule has 0 unspecified atom stereocenters. The summed E-state index contributed by atoms with van der Waals surface area (Å²) < 4.78 is 18.1. The van der Waals surface area contributed by atoms with Crippen molar-refractivity contribution in [2.24, 2.45) is 5.92 Å². The lowest BCUT2D eigenvalue weighted by Crippen LogP contribution is -2.56. The van der Waals surface area contributed by atoms with Gasteiger partial charge in [-0.1, -0.05) is 19.9 Å². The first-order valence-corrected chi connectivity index (χ1v) is 7.01. The fraction of sp³-hybridized carbons (Fsp3) is 0.467. The van der Waals surface area contributed by atoms with Crippen LogP contribution >= 0.6 is 0 Å². The van der Waals surface area contributed by atoms with Crippen LogP contribution in [0.3, 0.4) is 0 Å². The van der Waals surface area contributed by atoms with E-state index in [2.05, 4.69) is 5.32 Å². The number of anilines is 1. The first-order chi connectivity index (χ1) is 9.99. The maximum atomic E-state index is 13.0. The third-order valence-corrected chi connectivity index (χ3v) is 3.54. The quantitative estimate of drug-likeness (QED) is 0.928. The lowest BCUT2D eigenvalue weighted by atomic mass is 10.0. The number of amides is 2. The fourth-order valence-electron chi connectivity index (χ4n) is 2.04. The fourth-order valence-corrected chi connectivity index (χ4v) is 2.04. The molecule has 6 heteroatoms. The van der Waals surface area contributed by atoms with Crippen LogP contribution in [0, 0.1) is 11.7 Å². The van der Waals surface area contributed by atoms with Gasteiger partial charge in [-0.25, -0.2) is 9.18 Å². The second-order valence-corrected chi connectivity index (χ2v) is 5.22. The van der Waals surface area contributed by atoms with E-state index >= 15 is 0 Å². The van der Waals surface area contributed by atoms with Crippen molar-refractivity contribution in [3.63, 3.8) is 0 Å². The van der Waals surface area contributed by atoms with Crippen LogP contribution < -0.4 is 5.32 Å². The highest BCUT2D eigenvalue weighted by Crippen LogP contribution is 2.18. The van der Waals surface area contributed by atoms with Gasteiger partial charge in [-0.3, -0.25) is 10.1 Å². The number of likely N-dealkylation sites (tertiary alicyclic amines) is 1. The van der Waals surface area contributed by atoms with Gasteiger partial charge in [0.15, 0.2) is 0 Å². The summed E-state index contributed by atoms with van der Waals surface area (Å²) in [5.41, 5.74) is 0.340. The summed E-state index contributed by atoms with van der Waals surface area (Å²) >= 11 is 0. The highest BCUT2D eigenvalue weighted by atomic mass is 19.1. The van der Waals surface area contributed by atoms with Gasteiger partial charge < -0.3 is 9.64 Å². The Labute approximate surface area is 123 Å². The van der Waals surface area contributed by atoms with Crippen molar-refractivity contribution < 1.29 is 18.7 Å². The van der Waals surface area contributed by atoms with Crippen molar-refractivity contribution in [1.82, 2.24) is 4.90 Å². The molecule has 1 aliphatic rings. The third-order valence-electron chi connectivity index (χ3n) is 3.54. The van der Waals surface area contributed by atoms with Crippen molar-refractivity contribution in [2.45, 2.75) is 26.4 Å². The Kier molecular flexibility index (Phi) is 4.77. The molecule has 1 heterocycles. The van der Waals surface area contributed by atoms with Gasteiger partial charge >= 0.3 is 6.09 Å². The van der Waals surface area contributed by atoms with E-state index in [1.165, 1.54) is 18.2 Å². The van der Waals surface area contributed by atoms with Crippen LogP contribution in [0.4, 0.5) is 14.9 Å². The monoisotopic (exact) mass is 294 g/mol. The average Bonchev–Trinajstić information content (AvgIpc) is 2.40. The summed E-state index contributed by atoms with van der Waals surface area (Å²) in [6.45, 7) is 4.68. The van der Waals surface area contributed by atoms with Crippen molar-refractivity contribution in [2.75, 3.05) is 18.4 Å². The zero-order valence-electron chi connectivity index (χ0n) is 12.1. The van der Waals surface area contributed by atoms with E-state index in [4.69, 9.17) is 4.74 Å². The predicted molar refractivity (Wildman–Crippen MR) is 76.3 cm³/mol. The Balaban J connectivity index is 1.75. The Hall–Kier alpha value is -2.11. The molecule has 0 radical (unpaired) electrons. The number of carbonyl (C=O) groups excluding carboxylic acids is 2. The van der Waals surface area contributed by atoms with Crippen molar-refractivity contribution in [3.8, 4) is 0 Å². The summed E-state index contributed by atoms with van der Waals surface area (Å²) in [5, 5.41) is 2.46. The zero-order chi connectivity index (χ0) is 15.4. The number of rotatable bonds is 4. The minimum absolute atomic E-state index is 0.00734. The second-order valence-electron chi connectivity index (χ2n) is 5.22. The summed E-state index contributed by atoms with van der Waals surface area (Å²) in [6.07, 6.45) is -0.145. The molecule has 1 aromatic rings. The summed E-state index contributed by atoms with van der Waals surface area (Å²) in [7, 11) is 0. The molecule has 1 fully saturated rings. The number of nitrogens with one attached hydrogen (secondary N) is 1. The lowest BCUT2D eigenvalue weighted by molar-refractivity contribution is -0.145. The first kappa shape index (κ1) is 15.3. The Morgan fingerprint density at radius 3 is 2.81 bits per heavy atom. The molecule has 2 rings (SSSR count). The molecule has 0 spiro atoms. The molecule has 0 aliphatic carbocycles. The molecule has 0 aromatic heterocycles. The van der Waals surface area contributed by atoms with Crippen LogP contribution in [0.5, 0.6) is 0 Å². The van der Waals surface area contributed by atoms with Gasteiger partial charge in [-0.05, 0) is 24.6 Å². The number of halogens is 1. The van der Waals surface area contributed by atoms with E-state index in [0.717, 1.165) is 6.42 Å². The van der Waals surface area contributed by atoms with Crippen LogP contribution in [0.2, 0.25) is 0 Å². The van der Waals surface area contributed by atoms with E-state index in [9.17, 15) is 14.0 Å². The van der Waals surface area contributed by atoms with Crippen LogP contribution in [-0.4, -0.2) is 36.1 Å². The van der Waals surface area contributed by atoms with Crippen molar-refractivity contribution >= 4 is 17.7 Å². The molecule has 1 saturated heterocycles. The van der Waals surface area contributed by atoms with E-state index in [1.807, 2.05) is 13.8 Å². The van der Waals surface area contributed by atoms with E-state index < -0.39 is 11.9 Å². The zero-order valence-corrected chi connectivity index (χ0v) is 12.1. The Morgan fingerprint density at radius 2 is 2.19 bits per heavy atom. The van der Waals surface area contributed by atoms with Crippen LogP contribution in [-0.2, 0) is 9.53 Å². The molecule has 1 aromatic carbocycles. The molecular weight excluding hydrogens is 275 g/mol. The van der Waals surface area contributed by atoms with Gasteiger partial charge in [0.05, 0.1) is 13.1 Å². The number of ether oxygens (including phenoxy) is 1. The second kappa shape index (κ2) is 6.56. The predicted octanol–water partition coefficient (Wildman–Crippen LogP) is 2.63. The number of carbonyl (C=O) groups is 2. The summed E-state index contributed by atoms with van der Waals surface area (Å²) in [6, 6.07) is 5.58. The van der Waals surface area contributed by atoms with E-state index in [0.29, 0.717) is 18.8 Å². The minimum Gasteiger partial charge on any atom is -0.442 e. The van der Waals surface area contributed by atoms with Gasteiger partial charge in [-0.15, -0.1) is 0 Å². The summed E-state index contributed by atoms with van der Waals surface area (Å²) in [4.78, 5) is 25.2. The summed E-state index contributed by atoms with van der Waals surface area (Å²) in [5.74, 6) is -0.350. The number of nitrogens with zero attached hydrogens (tertiary/aromatic N) is 1. The SMILES string of the molecule is CC[C@@H](C)C(=O)N1CC(OC(=O)Nc2cccc(F)c2)C1. The van der Waals surface area contributed by atoms with Gasteiger partial charge in [0.1, 0.15) is 11.9 Å². The van der Waals surface area contributed by atoms with Crippen molar-refractivity contribution in [3.05, 3.63) is 30.1 Å². The molecule has 0 saturated carbocycles. The molecule has 21 heavy (non-hydrogen) atoms. The first-order valence-electron chi connectivity index (χ1n) is 7.01. The maximum Gasteiger partial charge on any atom is 0.412 e. The molecule has 2 amide bonds. The molecule has 0 bridgehead atoms. The maximum absolute atomic E-state index is 13.0. The van der Waals surface area contributed by atoms with Gasteiger partial charge in [0.2, 0.25) is 5.91 Å². The smallest absolute Gasteiger partial charge is 0.412 e. The normalized spacial score (nSPS) is 16.0. The number of hydrogen-bond donors (Lipinski definition) is 1. The molecule has 1 atom stereocenters. The van der Waals surface area contributed by atoms with Crippen LogP contribution in [0.15, 0.2) is 24.3 Å². The van der Waals surface area contributed by atoms with Crippen LogP contribution in [0.25, 0.3) is 0 Å². The van der Waals surface area contributed by atoms with E-state index in [1.54, 1.807) is 11.0 Å². The van der Waals surface area contributed by atoms with Gasteiger partial charge in [0, 0.05) is 11.6 Å². The highest BCUT2D eigenvalue weighted by molar-refractivity contribution is 5.85. The van der Waals surface area contributed by atoms with E-state index in [-0.39, 0.29) is 17.9 Å². The molecule has 5 nitrogen and oxygen atoms in total. The lowest BCUT2D eigenvalue weighted by Gasteiger charge is -2.39. The molecular formula is C15H19FN2O3.